The van der Waals surface area contributed by atoms with Crippen molar-refractivity contribution >= 4 is 0 Å². The van der Waals surface area contributed by atoms with E-state index in [9.17, 15) is 22.7 Å². The zero-order valence-corrected chi connectivity index (χ0v) is 13.0. The number of likely N-dealkylation sites (tertiary alicyclic amines) is 1. The van der Waals surface area contributed by atoms with Crippen LogP contribution in [-0.4, -0.2) is 28.7 Å². The molecule has 1 aliphatic rings. The zero-order valence-electron chi connectivity index (χ0n) is 13.0. The van der Waals surface area contributed by atoms with Crippen LogP contribution in [0.3, 0.4) is 0 Å². The number of hydrogen-bond acceptors (Lipinski definition) is 2. The van der Waals surface area contributed by atoms with Gasteiger partial charge < -0.3 is 5.11 Å². The first-order chi connectivity index (χ1) is 9.92. The summed E-state index contributed by atoms with van der Waals surface area (Å²) in [5.41, 5.74) is -1.91. The molecule has 0 unspecified atom stereocenters. The van der Waals surface area contributed by atoms with Gasteiger partial charge in [0, 0.05) is 30.6 Å². The Bertz CT molecular complexity index is 552. The summed E-state index contributed by atoms with van der Waals surface area (Å²) in [5, 5.41) is 10.3. The molecule has 1 aromatic carbocycles. The Hall–Kier alpha value is -1.14. The highest BCUT2D eigenvalue weighted by Gasteiger charge is 2.44. The molecule has 0 aromatic heterocycles. The quantitative estimate of drug-likeness (QED) is 0.838. The number of hydrogen-bond donors (Lipinski definition) is 1. The Kier molecular flexibility index (Phi) is 4.30. The number of piperidine rings is 1. The summed E-state index contributed by atoms with van der Waals surface area (Å²) >= 11 is 0. The first-order valence-electron chi connectivity index (χ1n) is 7.23. The second kappa shape index (κ2) is 5.49. The Balaban J connectivity index is 2.12. The third-order valence-electron chi connectivity index (χ3n) is 4.77. The lowest BCUT2D eigenvalue weighted by atomic mass is 9.71. The maximum Gasteiger partial charge on any atom is 0.416 e. The van der Waals surface area contributed by atoms with Crippen molar-refractivity contribution in [3.63, 3.8) is 0 Å². The van der Waals surface area contributed by atoms with E-state index >= 15 is 0 Å². The van der Waals surface area contributed by atoms with Crippen molar-refractivity contribution in [2.24, 2.45) is 5.41 Å². The van der Waals surface area contributed by atoms with Crippen LogP contribution < -0.4 is 0 Å². The number of halogens is 4. The van der Waals surface area contributed by atoms with Crippen LogP contribution in [0.2, 0.25) is 0 Å². The SMILES string of the molecule is CC1(C)CN(Cc2ccc(C(F)(F)F)cc2F)CC[C@]1(C)O. The highest BCUT2D eigenvalue weighted by atomic mass is 19.4. The lowest BCUT2D eigenvalue weighted by Crippen LogP contribution is -2.55. The predicted octanol–water partition coefficient (Wildman–Crippen LogP) is 3.83. The van der Waals surface area contributed by atoms with Gasteiger partial charge in [-0.2, -0.15) is 13.2 Å². The molecule has 1 heterocycles. The summed E-state index contributed by atoms with van der Waals surface area (Å²) in [4.78, 5) is 1.96. The molecule has 6 heteroatoms. The molecule has 0 saturated carbocycles. The van der Waals surface area contributed by atoms with Crippen LogP contribution >= 0.6 is 0 Å². The van der Waals surface area contributed by atoms with Gasteiger partial charge in [-0.1, -0.05) is 19.9 Å². The normalized spacial score (nSPS) is 26.2. The predicted molar refractivity (Wildman–Crippen MR) is 75.7 cm³/mol. The summed E-state index contributed by atoms with van der Waals surface area (Å²) in [6, 6.07) is 2.64. The van der Waals surface area contributed by atoms with E-state index < -0.39 is 23.2 Å². The zero-order chi connectivity index (χ0) is 16.8. The van der Waals surface area contributed by atoms with E-state index in [1.165, 1.54) is 6.07 Å². The Morgan fingerprint density at radius 3 is 2.36 bits per heavy atom. The molecular formula is C16H21F4NO. The van der Waals surface area contributed by atoms with Gasteiger partial charge in [0.1, 0.15) is 5.82 Å². The van der Waals surface area contributed by atoms with Crippen LogP contribution in [0.15, 0.2) is 18.2 Å². The van der Waals surface area contributed by atoms with Crippen molar-refractivity contribution in [1.82, 2.24) is 4.90 Å². The third-order valence-corrected chi connectivity index (χ3v) is 4.77. The monoisotopic (exact) mass is 319 g/mol. The smallest absolute Gasteiger partial charge is 0.390 e. The molecule has 2 nitrogen and oxygen atoms in total. The largest absolute Gasteiger partial charge is 0.416 e. The topological polar surface area (TPSA) is 23.5 Å². The lowest BCUT2D eigenvalue weighted by Gasteiger charge is -2.48. The van der Waals surface area contributed by atoms with Gasteiger partial charge in [0.25, 0.3) is 0 Å². The summed E-state index contributed by atoms with van der Waals surface area (Å²) < 4.78 is 51.5. The van der Waals surface area contributed by atoms with Gasteiger partial charge in [0.05, 0.1) is 11.2 Å². The molecule has 0 radical (unpaired) electrons. The van der Waals surface area contributed by atoms with Gasteiger partial charge in [-0.25, -0.2) is 4.39 Å². The van der Waals surface area contributed by atoms with Crippen LogP contribution in [-0.2, 0) is 12.7 Å². The van der Waals surface area contributed by atoms with Crippen molar-refractivity contribution in [3.05, 3.63) is 35.1 Å². The van der Waals surface area contributed by atoms with Gasteiger partial charge in [-0.3, -0.25) is 4.90 Å². The van der Waals surface area contributed by atoms with Gasteiger partial charge in [0.2, 0.25) is 0 Å². The summed E-state index contributed by atoms with van der Waals surface area (Å²) in [6.45, 7) is 7.02. The molecule has 2 rings (SSSR count). The first kappa shape index (κ1) is 17.2. The van der Waals surface area contributed by atoms with Crippen molar-refractivity contribution in [2.45, 2.75) is 45.5 Å². The number of rotatable bonds is 2. The Morgan fingerprint density at radius 1 is 1.23 bits per heavy atom. The van der Waals surface area contributed by atoms with Gasteiger partial charge in [0.15, 0.2) is 0 Å². The van der Waals surface area contributed by atoms with Crippen molar-refractivity contribution in [3.8, 4) is 0 Å². The van der Waals surface area contributed by atoms with E-state index in [-0.39, 0.29) is 17.5 Å². The number of alkyl halides is 3. The summed E-state index contributed by atoms with van der Waals surface area (Å²) in [7, 11) is 0. The lowest BCUT2D eigenvalue weighted by molar-refractivity contribution is -0.137. The fourth-order valence-electron chi connectivity index (χ4n) is 2.75. The van der Waals surface area contributed by atoms with Gasteiger partial charge >= 0.3 is 6.18 Å². The molecular weight excluding hydrogens is 298 g/mol. The Labute approximate surface area is 127 Å². The van der Waals surface area contributed by atoms with Crippen molar-refractivity contribution < 1.29 is 22.7 Å². The molecule has 1 aliphatic heterocycles. The van der Waals surface area contributed by atoms with Crippen molar-refractivity contribution in [1.29, 1.82) is 0 Å². The van der Waals surface area contributed by atoms with E-state index in [0.29, 0.717) is 25.6 Å². The molecule has 1 aromatic rings. The number of nitrogens with zero attached hydrogens (tertiary/aromatic N) is 1. The van der Waals surface area contributed by atoms with Crippen LogP contribution in [0.1, 0.15) is 38.3 Å². The maximum absolute atomic E-state index is 13.9. The van der Waals surface area contributed by atoms with Gasteiger partial charge in [-0.15, -0.1) is 0 Å². The molecule has 1 saturated heterocycles. The molecule has 0 amide bonds. The average Bonchev–Trinajstić information content (AvgIpc) is 2.35. The van der Waals surface area contributed by atoms with Crippen LogP contribution in [0.25, 0.3) is 0 Å². The van der Waals surface area contributed by atoms with Crippen LogP contribution in [0, 0.1) is 11.2 Å². The molecule has 0 aliphatic carbocycles. The van der Waals surface area contributed by atoms with Crippen molar-refractivity contribution in [2.75, 3.05) is 13.1 Å². The fourth-order valence-corrected chi connectivity index (χ4v) is 2.75. The molecule has 1 fully saturated rings. The standard InChI is InChI=1S/C16H21F4NO/c1-14(2)10-21(7-6-15(14,3)22)9-11-4-5-12(8-13(11)17)16(18,19)20/h4-5,8,22H,6-7,9-10H2,1-3H3/t15-/m0/s1. The number of benzene rings is 1. The molecule has 124 valence electrons. The van der Waals surface area contributed by atoms with E-state index in [1.807, 2.05) is 18.7 Å². The minimum Gasteiger partial charge on any atom is -0.390 e. The molecule has 22 heavy (non-hydrogen) atoms. The highest BCUT2D eigenvalue weighted by Crippen LogP contribution is 2.38. The number of aliphatic hydroxyl groups is 1. The van der Waals surface area contributed by atoms with Crippen LogP contribution in [0.4, 0.5) is 17.6 Å². The van der Waals surface area contributed by atoms with E-state index in [1.54, 1.807) is 6.92 Å². The molecule has 0 spiro atoms. The van der Waals surface area contributed by atoms with Gasteiger partial charge in [-0.05, 0) is 25.5 Å². The van der Waals surface area contributed by atoms with E-state index in [4.69, 9.17) is 0 Å². The minimum absolute atomic E-state index is 0.240. The highest BCUT2D eigenvalue weighted by molar-refractivity contribution is 5.26. The second-order valence-corrected chi connectivity index (χ2v) is 6.92. The molecule has 1 N–H and O–H groups in total. The fraction of sp³-hybridized carbons (Fsp3) is 0.625. The maximum atomic E-state index is 13.9. The Morgan fingerprint density at radius 2 is 1.86 bits per heavy atom. The van der Waals surface area contributed by atoms with E-state index in [2.05, 4.69) is 0 Å². The first-order valence-corrected chi connectivity index (χ1v) is 7.23. The minimum atomic E-state index is -4.54. The average molecular weight is 319 g/mol. The van der Waals surface area contributed by atoms with Crippen LogP contribution in [0.5, 0.6) is 0 Å². The summed E-state index contributed by atoms with van der Waals surface area (Å²) in [5.74, 6) is -0.843. The molecule has 0 bridgehead atoms. The molecule has 1 atom stereocenters. The summed E-state index contributed by atoms with van der Waals surface area (Å²) in [6.07, 6.45) is -3.99. The van der Waals surface area contributed by atoms with E-state index in [0.717, 1.165) is 6.07 Å². The second-order valence-electron chi connectivity index (χ2n) is 6.92. The third kappa shape index (κ3) is 3.43.